The lowest BCUT2D eigenvalue weighted by Gasteiger charge is -2.24. The van der Waals surface area contributed by atoms with Gasteiger partial charge in [0.15, 0.2) is 0 Å². The molecule has 7 nitrogen and oxygen atoms in total. The van der Waals surface area contributed by atoms with Gasteiger partial charge >= 0.3 is 5.97 Å². The number of aliphatic hydroxyl groups is 1. The highest BCUT2D eigenvalue weighted by atomic mass is 32.2. The first-order valence-electron chi connectivity index (χ1n) is 6.87. The summed E-state index contributed by atoms with van der Waals surface area (Å²) in [6.45, 7) is 3.12. The third-order valence-corrected chi connectivity index (χ3v) is 5.53. The average molecular weight is 316 g/mol. The Bertz CT molecular complexity index is 631. The van der Waals surface area contributed by atoms with Gasteiger partial charge in [-0.3, -0.25) is 0 Å². The van der Waals surface area contributed by atoms with Gasteiger partial charge < -0.3 is 14.8 Å². The summed E-state index contributed by atoms with van der Waals surface area (Å²) in [5.41, 5.74) is -0.0104. The van der Waals surface area contributed by atoms with Gasteiger partial charge in [0.1, 0.15) is 10.6 Å². The molecular formula is C13H20N2O5S. The second-order valence-electron chi connectivity index (χ2n) is 5.44. The van der Waals surface area contributed by atoms with Crippen LogP contribution in [0, 0.1) is 0 Å². The fraction of sp³-hybridized carbons (Fsp3) is 0.615. The number of rotatable bonds is 7. The van der Waals surface area contributed by atoms with Crippen LogP contribution in [0.4, 0.5) is 0 Å². The Morgan fingerprint density at radius 2 is 2.10 bits per heavy atom. The first-order valence-corrected chi connectivity index (χ1v) is 8.31. The van der Waals surface area contributed by atoms with Gasteiger partial charge in [0, 0.05) is 24.8 Å². The monoisotopic (exact) mass is 316 g/mol. The molecule has 1 aliphatic rings. The summed E-state index contributed by atoms with van der Waals surface area (Å²) < 4.78 is 27.9. The van der Waals surface area contributed by atoms with Crippen LogP contribution in [0.3, 0.4) is 0 Å². The van der Waals surface area contributed by atoms with Crippen molar-refractivity contribution in [3.05, 3.63) is 18.0 Å². The van der Waals surface area contributed by atoms with Crippen molar-refractivity contribution in [3.63, 3.8) is 0 Å². The van der Waals surface area contributed by atoms with E-state index in [1.165, 1.54) is 21.1 Å². The van der Waals surface area contributed by atoms with E-state index in [0.29, 0.717) is 0 Å². The quantitative estimate of drug-likeness (QED) is 0.779. The van der Waals surface area contributed by atoms with Gasteiger partial charge in [-0.05, 0) is 32.8 Å². The van der Waals surface area contributed by atoms with E-state index in [4.69, 9.17) is 5.11 Å². The van der Waals surface area contributed by atoms with E-state index >= 15 is 0 Å². The highest BCUT2D eigenvalue weighted by Gasteiger charge is 2.33. The minimum Gasteiger partial charge on any atom is -0.477 e. The Hall–Kier alpha value is -1.38. The summed E-state index contributed by atoms with van der Waals surface area (Å²) in [4.78, 5) is 11.2. The Morgan fingerprint density at radius 1 is 1.48 bits per heavy atom. The van der Waals surface area contributed by atoms with Crippen LogP contribution in [0.25, 0.3) is 0 Å². The van der Waals surface area contributed by atoms with E-state index in [2.05, 4.69) is 0 Å². The van der Waals surface area contributed by atoms with Crippen molar-refractivity contribution in [2.75, 3.05) is 13.2 Å². The van der Waals surface area contributed by atoms with Crippen LogP contribution in [-0.2, 0) is 10.0 Å². The first-order chi connectivity index (χ1) is 9.78. The van der Waals surface area contributed by atoms with E-state index in [1.807, 2.05) is 0 Å². The van der Waals surface area contributed by atoms with Crippen LogP contribution in [0.15, 0.2) is 17.2 Å². The standard InChI is InChI=1S/C13H20N2O5S/c1-9(2)15(5-6-16)21(19,20)11-7-12(13(17)18)14(8-11)10-3-4-10/h7-10,16H,3-6H2,1-2H3,(H,17,18). The molecule has 0 atom stereocenters. The number of hydrogen-bond acceptors (Lipinski definition) is 4. The molecule has 21 heavy (non-hydrogen) atoms. The second kappa shape index (κ2) is 5.78. The number of aliphatic hydroxyl groups excluding tert-OH is 1. The molecule has 1 aliphatic carbocycles. The molecule has 1 aromatic heterocycles. The number of aromatic carboxylic acids is 1. The largest absolute Gasteiger partial charge is 0.477 e. The molecule has 0 amide bonds. The van der Waals surface area contributed by atoms with E-state index in [-0.39, 0.29) is 35.8 Å². The van der Waals surface area contributed by atoms with E-state index in [9.17, 15) is 18.3 Å². The molecule has 1 saturated carbocycles. The zero-order valence-corrected chi connectivity index (χ0v) is 12.9. The van der Waals surface area contributed by atoms with E-state index in [0.717, 1.165) is 12.8 Å². The minimum atomic E-state index is -3.81. The van der Waals surface area contributed by atoms with Gasteiger partial charge in [0.2, 0.25) is 10.0 Å². The van der Waals surface area contributed by atoms with Crippen LogP contribution in [-0.4, -0.2) is 52.7 Å². The molecule has 1 fully saturated rings. The van der Waals surface area contributed by atoms with Gasteiger partial charge in [-0.1, -0.05) is 0 Å². The molecule has 0 aliphatic heterocycles. The summed E-state index contributed by atoms with van der Waals surface area (Å²) in [7, 11) is -3.81. The number of nitrogens with zero attached hydrogens (tertiary/aromatic N) is 2. The van der Waals surface area contributed by atoms with E-state index < -0.39 is 16.0 Å². The predicted molar refractivity (Wildman–Crippen MR) is 75.8 cm³/mol. The van der Waals surface area contributed by atoms with E-state index in [1.54, 1.807) is 13.8 Å². The molecule has 0 bridgehead atoms. The maximum absolute atomic E-state index is 12.6. The van der Waals surface area contributed by atoms with Crippen molar-refractivity contribution in [2.45, 2.75) is 43.7 Å². The van der Waals surface area contributed by atoms with Crippen molar-refractivity contribution >= 4 is 16.0 Å². The van der Waals surface area contributed by atoms with Crippen LogP contribution in [0.2, 0.25) is 0 Å². The number of hydrogen-bond donors (Lipinski definition) is 2. The zero-order chi connectivity index (χ0) is 15.8. The van der Waals surface area contributed by atoms with Gasteiger partial charge in [-0.15, -0.1) is 0 Å². The highest BCUT2D eigenvalue weighted by Crippen LogP contribution is 2.37. The van der Waals surface area contributed by atoms with Crippen LogP contribution in [0.1, 0.15) is 43.2 Å². The Kier molecular flexibility index (Phi) is 4.40. The van der Waals surface area contributed by atoms with Crippen LogP contribution < -0.4 is 0 Å². The van der Waals surface area contributed by atoms with Crippen molar-refractivity contribution in [1.82, 2.24) is 8.87 Å². The summed E-state index contributed by atoms with van der Waals surface area (Å²) in [6.07, 6.45) is 3.11. The first kappa shape index (κ1) is 16.0. The maximum Gasteiger partial charge on any atom is 0.352 e. The number of aromatic nitrogens is 1. The molecule has 0 aromatic carbocycles. The van der Waals surface area contributed by atoms with Crippen molar-refractivity contribution < 1.29 is 23.4 Å². The van der Waals surface area contributed by atoms with Gasteiger partial charge in [0.05, 0.1) is 6.61 Å². The molecule has 0 unspecified atom stereocenters. The summed E-state index contributed by atoms with van der Waals surface area (Å²) in [5, 5.41) is 18.2. The molecule has 8 heteroatoms. The summed E-state index contributed by atoms with van der Waals surface area (Å²) in [6, 6.07) is 0.952. The Labute approximate surface area is 123 Å². The topological polar surface area (TPSA) is 99.8 Å². The van der Waals surface area contributed by atoms with Gasteiger partial charge in [0.25, 0.3) is 0 Å². The van der Waals surface area contributed by atoms with Gasteiger partial charge in [-0.2, -0.15) is 4.31 Å². The third-order valence-electron chi connectivity index (χ3n) is 3.49. The molecule has 2 rings (SSSR count). The van der Waals surface area contributed by atoms with Gasteiger partial charge in [-0.25, -0.2) is 13.2 Å². The van der Waals surface area contributed by atoms with Crippen LogP contribution >= 0.6 is 0 Å². The second-order valence-corrected chi connectivity index (χ2v) is 7.33. The smallest absolute Gasteiger partial charge is 0.352 e. The zero-order valence-electron chi connectivity index (χ0n) is 12.1. The molecule has 2 N–H and O–H groups in total. The number of sulfonamides is 1. The lowest BCUT2D eigenvalue weighted by atomic mass is 10.4. The lowest BCUT2D eigenvalue weighted by molar-refractivity contribution is 0.0685. The SMILES string of the molecule is CC(C)N(CCO)S(=O)(=O)c1cc(C(=O)O)n(C2CC2)c1. The molecule has 0 spiro atoms. The summed E-state index contributed by atoms with van der Waals surface area (Å²) in [5.74, 6) is -1.14. The number of carboxylic acids is 1. The highest BCUT2D eigenvalue weighted by molar-refractivity contribution is 7.89. The molecule has 1 aromatic rings. The Morgan fingerprint density at radius 3 is 2.52 bits per heavy atom. The molecule has 0 saturated heterocycles. The fourth-order valence-electron chi connectivity index (χ4n) is 2.31. The van der Waals surface area contributed by atoms with Crippen LogP contribution in [0.5, 0.6) is 0 Å². The normalized spacial score (nSPS) is 15.9. The lowest BCUT2D eigenvalue weighted by Crippen LogP contribution is -2.38. The minimum absolute atomic E-state index is 0.0104. The number of carboxylic acid groups (broad SMARTS) is 1. The molecule has 0 radical (unpaired) electrons. The molecule has 1 heterocycles. The van der Waals surface area contributed by atoms with Crippen molar-refractivity contribution in [1.29, 1.82) is 0 Å². The maximum atomic E-state index is 12.6. The summed E-state index contributed by atoms with van der Waals surface area (Å²) >= 11 is 0. The molecule has 118 valence electrons. The predicted octanol–water partition coefficient (Wildman–Crippen LogP) is 0.913. The fourth-order valence-corrected chi connectivity index (χ4v) is 3.97. The van der Waals surface area contributed by atoms with Crippen molar-refractivity contribution in [3.8, 4) is 0 Å². The third kappa shape index (κ3) is 3.12. The average Bonchev–Trinajstić information content (AvgIpc) is 3.13. The van der Waals surface area contributed by atoms with Crippen molar-refractivity contribution in [2.24, 2.45) is 0 Å². The Balaban J connectivity index is 2.44. The number of carbonyl (C=O) groups is 1. The molecular weight excluding hydrogens is 296 g/mol.